The van der Waals surface area contributed by atoms with Crippen molar-refractivity contribution in [3.05, 3.63) is 12.7 Å². The third-order valence-electron chi connectivity index (χ3n) is 4.07. The maximum Gasteiger partial charge on any atom is 0.167 e. The van der Waals surface area contributed by atoms with E-state index in [4.69, 9.17) is 16.2 Å². The molecule has 25 heavy (non-hydrogen) atoms. The first kappa shape index (κ1) is 18.3. The van der Waals surface area contributed by atoms with E-state index in [-0.39, 0.29) is 5.82 Å². The van der Waals surface area contributed by atoms with Crippen LogP contribution in [-0.2, 0) is 4.74 Å². The van der Waals surface area contributed by atoms with E-state index >= 15 is 0 Å². The Morgan fingerprint density at radius 2 is 2.12 bits per heavy atom. The molecule has 4 atom stereocenters. The fraction of sp³-hybridized carbons (Fsp3) is 0.643. The van der Waals surface area contributed by atoms with E-state index in [9.17, 15) is 10.2 Å². The number of nitrogens with one attached hydrogen (secondary N) is 1. The zero-order valence-corrected chi connectivity index (χ0v) is 14.5. The van der Waals surface area contributed by atoms with Crippen molar-refractivity contribution in [2.75, 3.05) is 30.5 Å². The molecule has 1 aliphatic rings. The van der Waals surface area contributed by atoms with Crippen molar-refractivity contribution in [1.82, 2.24) is 24.8 Å². The molecule has 3 rings (SSSR count). The highest BCUT2D eigenvalue weighted by atomic mass is 32.2. The molecule has 11 heteroatoms. The fourth-order valence-corrected chi connectivity index (χ4v) is 3.78. The van der Waals surface area contributed by atoms with Gasteiger partial charge in [0, 0.05) is 12.4 Å². The minimum Gasteiger partial charge on any atom is -0.387 e. The van der Waals surface area contributed by atoms with Gasteiger partial charge in [0.05, 0.1) is 12.4 Å². The van der Waals surface area contributed by atoms with Gasteiger partial charge in [-0.2, -0.15) is 11.8 Å². The standard InChI is InChI=1S/C14H23N7O3S/c15-5-17-2-1-3-25-4-8-10(22)11(23)14(24-8)21-7-20-9-12(16)18-6-19-13(9)21/h6-8,10-11,14,17,22-23H,1-5,15H2,(H2,16,18,19)/t8-,10-,11-,14-/m1/s1. The second-order valence-electron chi connectivity index (χ2n) is 5.76. The van der Waals surface area contributed by atoms with Crippen LogP contribution in [0.2, 0.25) is 0 Å². The number of imidazole rings is 1. The summed E-state index contributed by atoms with van der Waals surface area (Å²) in [5, 5.41) is 23.7. The number of rotatable bonds is 8. The van der Waals surface area contributed by atoms with Gasteiger partial charge in [-0.05, 0) is 18.7 Å². The SMILES string of the molecule is NCNCCCSC[C@H]1O[C@@H](n2cnc3c(N)ncnc32)[C@H](O)[C@@H]1O. The number of aliphatic hydroxyl groups is 2. The van der Waals surface area contributed by atoms with Crippen LogP contribution in [0.1, 0.15) is 12.6 Å². The Hall–Kier alpha value is -1.50. The minimum atomic E-state index is -1.07. The number of aromatic nitrogens is 4. The molecular weight excluding hydrogens is 346 g/mol. The van der Waals surface area contributed by atoms with E-state index in [1.54, 1.807) is 16.3 Å². The van der Waals surface area contributed by atoms with Crippen LogP contribution in [-0.4, -0.2) is 72.8 Å². The first-order valence-electron chi connectivity index (χ1n) is 8.06. The summed E-state index contributed by atoms with van der Waals surface area (Å²) >= 11 is 1.66. The summed E-state index contributed by atoms with van der Waals surface area (Å²) in [6.45, 7) is 1.32. The molecule has 0 aliphatic carbocycles. The minimum absolute atomic E-state index is 0.259. The van der Waals surface area contributed by atoms with Gasteiger partial charge in [-0.3, -0.25) is 4.57 Å². The zero-order chi connectivity index (χ0) is 17.8. The number of hydrogen-bond acceptors (Lipinski definition) is 10. The number of ether oxygens (including phenoxy) is 1. The number of nitrogens with zero attached hydrogens (tertiary/aromatic N) is 4. The van der Waals surface area contributed by atoms with Crippen molar-refractivity contribution in [2.45, 2.75) is 31.0 Å². The molecule has 0 radical (unpaired) electrons. The summed E-state index contributed by atoms with van der Waals surface area (Å²) in [5.41, 5.74) is 12.0. The lowest BCUT2D eigenvalue weighted by Crippen LogP contribution is -2.32. The van der Waals surface area contributed by atoms with E-state index in [2.05, 4.69) is 20.3 Å². The molecule has 0 aromatic carbocycles. The number of nitrogen functional groups attached to an aromatic ring is 1. The smallest absolute Gasteiger partial charge is 0.167 e. The van der Waals surface area contributed by atoms with Gasteiger partial charge in [-0.15, -0.1) is 0 Å². The molecule has 1 saturated heterocycles. The van der Waals surface area contributed by atoms with Crippen molar-refractivity contribution in [1.29, 1.82) is 0 Å². The summed E-state index contributed by atoms with van der Waals surface area (Å²) in [4.78, 5) is 12.2. The van der Waals surface area contributed by atoms with Crippen LogP contribution in [0.15, 0.2) is 12.7 Å². The monoisotopic (exact) mass is 369 g/mol. The number of hydrogen-bond donors (Lipinski definition) is 5. The van der Waals surface area contributed by atoms with Gasteiger partial charge in [0.1, 0.15) is 24.1 Å². The number of thioether (sulfide) groups is 1. The van der Waals surface area contributed by atoms with Gasteiger partial charge in [0.25, 0.3) is 0 Å². The van der Waals surface area contributed by atoms with Crippen LogP contribution in [0.5, 0.6) is 0 Å². The summed E-state index contributed by atoms with van der Waals surface area (Å²) < 4.78 is 7.45. The molecule has 10 nitrogen and oxygen atoms in total. The van der Waals surface area contributed by atoms with Crippen molar-refractivity contribution < 1.29 is 14.9 Å². The Morgan fingerprint density at radius 1 is 1.28 bits per heavy atom. The highest BCUT2D eigenvalue weighted by molar-refractivity contribution is 7.99. The van der Waals surface area contributed by atoms with Gasteiger partial charge in [-0.25, -0.2) is 15.0 Å². The number of fused-ring (bicyclic) bond motifs is 1. The van der Waals surface area contributed by atoms with E-state index in [0.29, 0.717) is 23.6 Å². The maximum absolute atomic E-state index is 10.4. The summed E-state index contributed by atoms with van der Waals surface area (Å²) in [5.74, 6) is 1.76. The van der Waals surface area contributed by atoms with Crippen LogP contribution >= 0.6 is 11.8 Å². The van der Waals surface area contributed by atoms with E-state index in [0.717, 1.165) is 18.7 Å². The first-order chi connectivity index (χ1) is 12.1. The van der Waals surface area contributed by atoms with E-state index in [1.807, 2.05) is 0 Å². The van der Waals surface area contributed by atoms with E-state index in [1.165, 1.54) is 12.7 Å². The average Bonchev–Trinajstić information content (AvgIpc) is 3.15. The highest BCUT2D eigenvalue weighted by Gasteiger charge is 2.44. The number of aliphatic hydroxyl groups excluding tert-OH is 2. The Bertz CT molecular complexity index is 700. The molecule has 2 aromatic heterocycles. The normalized spacial score (nSPS) is 26.5. The van der Waals surface area contributed by atoms with Crippen LogP contribution in [0.25, 0.3) is 11.2 Å². The molecule has 3 heterocycles. The van der Waals surface area contributed by atoms with Gasteiger partial charge in [-0.1, -0.05) is 0 Å². The molecule has 0 unspecified atom stereocenters. The van der Waals surface area contributed by atoms with Crippen molar-refractivity contribution in [2.24, 2.45) is 5.73 Å². The Kier molecular flexibility index (Phi) is 6.04. The Balaban J connectivity index is 1.62. The third kappa shape index (κ3) is 3.86. The largest absolute Gasteiger partial charge is 0.387 e. The quantitative estimate of drug-likeness (QED) is 0.278. The van der Waals surface area contributed by atoms with Crippen molar-refractivity contribution >= 4 is 28.7 Å². The zero-order valence-electron chi connectivity index (χ0n) is 13.7. The second kappa shape index (κ2) is 8.25. The first-order valence-corrected chi connectivity index (χ1v) is 9.22. The highest BCUT2D eigenvalue weighted by Crippen LogP contribution is 2.33. The van der Waals surface area contributed by atoms with Crippen molar-refractivity contribution in [3.63, 3.8) is 0 Å². The van der Waals surface area contributed by atoms with Crippen LogP contribution in [0.3, 0.4) is 0 Å². The van der Waals surface area contributed by atoms with Gasteiger partial charge in [0.15, 0.2) is 17.7 Å². The molecule has 0 saturated carbocycles. The number of anilines is 1. The molecule has 138 valence electrons. The lowest BCUT2D eigenvalue weighted by atomic mass is 10.1. The lowest BCUT2D eigenvalue weighted by Gasteiger charge is -2.16. The van der Waals surface area contributed by atoms with Crippen LogP contribution in [0.4, 0.5) is 5.82 Å². The van der Waals surface area contributed by atoms with Crippen LogP contribution in [0, 0.1) is 0 Å². The topological polar surface area (TPSA) is 157 Å². The number of nitrogens with two attached hydrogens (primary N) is 2. The Labute approximate surface area is 149 Å². The Morgan fingerprint density at radius 3 is 2.92 bits per heavy atom. The molecule has 1 aliphatic heterocycles. The molecule has 0 amide bonds. The van der Waals surface area contributed by atoms with Crippen molar-refractivity contribution in [3.8, 4) is 0 Å². The predicted molar refractivity (Wildman–Crippen MR) is 94.7 cm³/mol. The predicted octanol–water partition coefficient (Wildman–Crippen LogP) is -1.34. The van der Waals surface area contributed by atoms with Gasteiger partial charge < -0.3 is 31.7 Å². The second-order valence-corrected chi connectivity index (χ2v) is 6.91. The third-order valence-corrected chi connectivity index (χ3v) is 5.21. The fourth-order valence-electron chi connectivity index (χ4n) is 2.75. The molecular formula is C14H23N7O3S. The van der Waals surface area contributed by atoms with Gasteiger partial charge in [0.2, 0.25) is 0 Å². The molecule has 2 aromatic rings. The summed E-state index contributed by atoms with van der Waals surface area (Å²) in [6.07, 6.45) is 0.511. The lowest BCUT2D eigenvalue weighted by molar-refractivity contribution is -0.0289. The van der Waals surface area contributed by atoms with Crippen LogP contribution < -0.4 is 16.8 Å². The average molecular weight is 369 g/mol. The molecule has 0 bridgehead atoms. The van der Waals surface area contributed by atoms with Gasteiger partial charge >= 0.3 is 0 Å². The maximum atomic E-state index is 10.4. The van der Waals surface area contributed by atoms with E-state index < -0.39 is 24.5 Å². The summed E-state index contributed by atoms with van der Waals surface area (Å²) in [6, 6.07) is 0. The molecule has 1 fully saturated rings. The molecule has 7 N–H and O–H groups in total. The molecule has 0 spiro atoms. The summed E-state index contributed by atoms with van der Waals surface area (Å²) in [7, 11) is 0.